The lowest BCUT2D eigenvalue weighted by molar-refractivity contribution is -0.365. The molecule has 1 heterocycles. The van der Waals surface area contributed by atoms with Gasteiger partial charge < -0.3 is 5.73 Å². The van der Waals surface area contributed by atoms with Gasteiger partial charge in [0.05, 0.1) is 16.9 Å². The summed E-state index contributed by atoms with van der Waals surface area (Å²) in [6, 6.07) is 5.71. The van der Waals surface area contributed by atoms with Crippen molar-refractivity contribution < 1.29 is 9.38 Å². The van der Waals surface area contributed by atoms with Crippen LogP contribution in [-0.4, -0.2) is 15.9 Å². The lowest BCUT2D eigenvalue weighted by atomic mass is 10.3. The molecule has 0 unspecified atom stereocenters. The molecule has 0 saturated carbocycles. The molecule has 0 spiro atoms. The predicted molar refractivity (Wildman–Crippen MR) is 74.2 cm³/mol. The Bertz CT molecular complexity index is 706. The van der Waals surface area contributed by atoms with Gasteiger partial charge in [0.25, 0.3) is 11.5 Å². The molecule has 2 aromatic rings. The molecule has 2 rings (SSSR count). The van der Waals surface area contributed by atoms with E-state index in [4.69, 9.17) is 5.73 Å². The minimum Gasteiger partial charge on any atom is -0.322 e. The summed E-state index contributed by atoms with van der Waals surface area (Å²) in [5.74, 6) is 0.0791. The molecule has 0 atom stereocenters. The highest BCUT2D eigenvalue weighted by Crippen LogP contribution is 2.06. The Labute approximate surface area is 114 Å². The highest BCUT2D eigenvalue weighted by Gasteiger charge is 2.08. The van der Waals surface area contributed by atoms with E-state index in [1.165, 1.54) is 12.1 Å². The number of anilines is 1. The quantitative estimate of drug-likeness (QED) is 0.446. The molecule has 104 valence electrons. The molecule has 5 N–H and O–H groups in total. The topological polar surface area (TPSA) is 97.8 Å². The summed E-state index contributed by atoms with van der Waals surface area (Å²) in [5, 5.41) is 2.83. The standard InChI is InChI=1S/C13H14FN5O/c1-7-8(2)16-13(18-11(7)20)19-12(15)17-10-5-3-9(14)4-6-10/h3-6H,1-2H3,(H4,15,16,17,18,19,20)/p+1. The van der Waals surface area contributed by atoms with E-state index in [-0.39, 0.29) is 23.3 Å². The Morgan fingerprint density at radius 1 is 1.35 bits per heavy atom. The maximum atomic E-state index is 12.8. The van der Waals surface area contributed by atoms with Gasteiger partial charge in [-0.15, -0.1) is 4.98 Å². The fourth-order valence-electron chi connectivity index (χ4n) is 1.55. The van der Waals surface area contributed by atoms with Gasteiger partial charge in [0.2, 0.25) is 0 Å². The molecule has 20 heavy (non-hydrogen) atoms. The van der Waals surface area contributed by atoms with Gasteiger partial charge in [0.1, 0.15) is 5.82 Å². The first-order valence-corrected chi connectivity index (χ1v) is 5.95. The Balaban J connectivity index is 2.22. The van der Waals surface area contributed by atoms with Crippen LogP contribution in [0.15, 0.2) is 29.1 Å². The zero-order valence-corrected chi connectivity index (χ0v) is 11.1. The van der Waals surface area contributed by atoms with Crippen LogP contribution in [0, 0.1) is 19.7 Å². The lowest BCUT2D eigenvalue weighted by Crippen LogP contribution is -2.73. The zero-order chi connectivity index (χ0) is 14.7. The number of rotatable bonds is 2. The number of aromatic amines is 1. The van der Waals surface area contributed by atoms with Crippen LogP contribution in [0.4, 0.5) is 16.0 Å². The van der Waals surface area contributed by atoms with Crippen LogP contribution in [0.25, 0.3) is 0 Å². The fraction of sp³-hybridized carbons (Fsp3) is 0.154. The van der Waals surface area contributed by atoms with Crippen molar-refractivity contribution in [3.8, 4) is 0 Å². The van der Waals surface area contributed by atoms with Crippen molar-refractivity contribution >= 4 is 17.6 Å². The summed E-state index contributed by atoms with van der Waals surface area (Å²) in [5.41, 5.74) is 7.31. The third-order valence-electron chi connectivity index (χ3n) is 2.77. The van der Waals surface area contributed by atoms with Gasteiger partial charge in [0.15, 0.2) is 0 Å². The number of hydrogen-bond acceptors (Lipinski definition) is 2. The third-order valence-corrected chi connectivity index (χ3v) is 2.77. The first-order chi connectivity index (χ1) is 9.45. The average Bonchev–Trinajstić information content (AvgIpc) is 2.38. The SMILES string of the molecule is Cc1nc([NH+]=C(N)Nc2ccc(F)cc2)[nH]c(=O)c1C. The van der Waals surface area contributed by atoms with Gasteiger partial charge in [0, 0.05) is 0 Å². The number of nitrogens with two attached hydrogens (primary N) is 1. The summed E-state index contributed by atoms with van der Waals surface area (Å²) < 4.78 is 12.8. The molecule has 0 amide bonds. The Hall–Kier alpha value is -2.70. The molecule has 0 bridgehead atoms. The molecule has 0 aliphatic heterocycles. The van der Waals surface area contributed by atoms with Crippen LogP contribution < -0.4 is 21.6 Å². The van der Waals surface area contributed by atoms with Crippen LogP contribution in [0.5, 0.6) is 0 Å². The lowest BCUT2D eigenvalue weighted by Gasteiger charge is -2.01. The van der Waals surface area contributed by atoms with E-state index in [9.17, 15) is 9.18 Å². The number of halogens is 1. The van der Waals surface area contributed by atoms with Crippen molar-refractivity contribution in [1.29, 1.82) is 0 Å². The van der Waals surface area contributed by atoms with E-state index in [1.807, 2.05) is 0 Å². The summed E-state index contributed by atoms with van der Waals surface area (Å²) in [6.07, 6.45) is 0. The first-order valence-electron chi connectivity index (χ1n) is 5.95. The van der Waals surface area contributed by atoms with Gasteiger partial charge in [-0.2, -0.15) is 0 Å². The molecule has 0 radical (unpaired) electrons. The summed E-state index contributed by atoms with van der Waals surface area (Å²) in [7, 11) is 0. The summed E-state index contributed by atoms with van der Waals surface area (Å²) in [6.45, 7) is 3.42. The molecular weight excluding hydrogens is 261 g/mol. The van der Waals surface area contributed by atoms with Crippen molar-refractivity contribution in [1.82, 2.24) is 9.97 Å². The molecule has 7 heteroatoms. The number of nitrogens with one attached hydrogen (secondary N) is 3. The number of benzene rings is 1. The molecule has 1 aromatic carbocycles. The first kappa shape index (κ1) is 13.7. The predicted octanol–water partition coefficient (Wildman–Crippen LogP) is -0.335. The monoisotopic (exact) mass is 276 g/mol. The van der Waals surface area contributed by atoms with Crippen LogP contribution >= 0.6 is 0 Å². The van der Waals surface area contributed by atoms with Gasteiger partial charge in [-0.3, -0.25) is 10.1 Å². The molecule has 0 saturated heterocycles. The summed E-state index contributed by atoms with van der Waals surface area (Å²) >= 11 is 0. The normalized spacial score (nSPS) is 11.4. The third kappa shape index (κ3) is 3.19. The van der Waals surface area contributed by atoms with E-state index in [1.54, 1.807) is 26.0 Å². The highest BCUT2D eigenvalue weighted by atomic mass is 19.1. The van der Waals surface area contributed by atoms with Crippen molar-refractivity contribution in [2.75, 3.05) is 5.32 Å². The molecule has 0 fully saturated rings. The molecule has 1 aromatic heterocycles. The van der Waals surface area contributed by atoms with Gasteiger partial charge in [-0.1, -0.05) is 0 Å². The van der Waals surface area contributed by atoms with Crippen molar-refractivity contribution in [2.45, 2.75) is 13.8 Å². The van der Waals surface area contributed by atoms with Gasteiger partial charge >= 0.3 is 5.95 Å². The Morgan fingerprint density at radius 3 is 2.60 bits per heavy atom. The number of aromatic nitrogens is 2. The second-order valence-electron chi connectivity index (χ2n) is 4.30. The summed E-state index contributed by atoms with van der Waals surface area (Å²) in [4.78, 5) is 21.1. The second kappa shape index (κ2) is 5.52. The minimum absolute atomic E-state index is 0.169. The van der Waals surface area contributed by atoms with Gasteiger partial charge in [-0.05, 0) is 38.1 Å². The van der Waals surface area contributed by atoms with E-state index < -0.39 is 0 Å². The number of guanidine groups is 1. The number of H-pyrrole nitrogens is 1. The highest BCUT2D eigenvalue weighted by molar-refractivity contribution is 5.88. The Kier molecular flexibility index (Phi) is 3.79. The average molecular weight is 276 g/mol. The smallest absolute Gasteiger partial charge is 0.322 e. The molecule has 6 nitrogen and oxygen atoms in total. The number of nitrogens with zero attached hydrogens (tertiary/aromatic N) is 1. The second-order valence-corrected chi connectivity index (χ2v) is 4.30. The van der Waals surface area contributed by atoms with E-state index in [0.29, 0.717) is 16.9 Å². The van der Waals surface area contributed by atoms with Crippen LogP contribution in [0.1, 0.15) is 11.3 Å². The van der Waals surface area contributed by atoms with E-state index in [0.717, 1.165) is 0 Å². The molecule has 0 aliphatic carbocycles. The maximum absolute atomic E-state index is 12.8. The number of aryl methyl sites for hydroxylation is 1. The van der Waals surface area contributed by atoms with Crippen LogP contribution in [0.3, 0.4) is 0 Å². The fourth-order valence-corrected chi connectivity index (χ4v) is 1.55. The molecular formula is C13H15FN5O+. The Morgan fingerprint density at radius 2 is 2.00 bits per heavy atom. The largest absolute Gasteiger partial charge is 0.325 e. The van der Waals surface area contributed by atoms with Crippen molar-refractivity contribution in [3.63, 3.8) is 0 Å². The van der Waals surface area contributed by atoms with Crippen molar-refractivity contribution in [2.24, 2.45) is 5.73 Å². The van der Waals surface area contributed by atoms with Crippen LogP contribution in [0.2, 0.25) is 0 Å². The maximum Gasteiger partial charge on any atom is 0.325 e. The van der Waals surface area contributed by atoms with Crippen LogP contribution in [-0.2, 0) is 0 Å². The zero-order valence-electron chi connectivity index (χ0n) is 11.1. The van der Waals surface area contributed by atoms with E-state index >= 15 is 0 Å². The van der Waals surface area contributed by atoms with Gasteiger partial charge in [-0.25, -0.2) is 14.4 Å². The minimum atomic E-state index is -0.331. The molecule has 0 aliphatic rings. The number of hydrogen-bond donors (Lipinski definition) is 4. The van der Waals surface area contributed by atoms with E-state index in [2.05, 4.69) is 20.3 Å². The van der Waals surface area contributed by atoms with Crippen molar-refractivity contribution in [3.05, 3.63) is 51.7 Å².